The molecule has 0 aromatic carbocycles. The molecule has 1 atom stereocenters. The second-order valence-electron chi connectivity index (χ2n) is 4.73. The largest absolute Gasteiger partial charge is 0.356 e. The van der Waals surface area contributed by atoms with E-state index in [-0.39, 0.29) is 11.7 Å². The summed E-state index contributed by atoms with van der Waals surface area (Å²) < 4.78 is 21.7. The van der Waals surface area contributed by atoms with Gasteiger partial charge in [0.05, 0.1) is 5.75 Å². The van der Waals surface area contributed by atoms with Crippen LogP contribution >= 0.6 is 0 Å². The summed E-state index contributed by atoms with van der Waals surface area (Å²) in [7, 11) is -2.91. The minimum Gasteiger partial charge on any atom is -0.356 e. The van der Waals surface area contributed by atoms with Crippen molar-refractivity contribution < 1.29 is 13.2 Å². The third kappa shape index (κ3) is 7.33. The van der Waals surface area contributed by atoms with Crippen LogP contribution in [-0.4, -0.2) is 46.0 Å². The molecule has 0 saturated carbocycles. The lowest BCUT2D eigenvalue weighted by Crippen LogP contribution is -2.26. The third-order valence-electron chi connectivity index (χ3n) is 2.96. The molecule has 100 valence electrons. The van der Waals surface area contributed by atoms with Gasteiger partial charge >= 0.3 is 0 Å². The van der Waals surface area contributed by atoms with Gasteiger partial charge in [0.1, 0.15) is 9.84 Å². The van der Waals surface area contributed by atoms with Crippen LogP contribution in [0.2, 0.25) is 0 Å². The molecule has 1 unspecified atom stereocenters. The molecule has 0 aliphatic carbocycles. The highest BCUT2D eigenvalue weighted by Crippen LogP contribution is 2.13. The Morgan fingerprint density at radius 1 is 1.47 bits per heavy atom. The lowest BCUT2D eigenvalue weighted by Gasteiger charge is -2.08. The van der Waals surface area contributed by atoms with Crippen molar-refractivity contribution in [1.82, 2.24) is 10.6 Å². The maximum Gasteiger partial charge on any atom is 0.220 e. The van der Waals surface area contributed by atoms with Crippen molar-refractivity contribution in [3.8, 4) is 0 Å². The summed E-state index contributed by atoms with van der Waals surface area (Å²) in [6.07, 6.45) is 4.33. The van der Waals surface area contributed by atoms with Crippen molar-refractivity contribution in [2.75, 3.05) is 31.6 Å². The summed E-state index contributed by atoms with van der Waals surface area (Å²) in [5.41, 5.74) is 0. The molecular formula is C11H22N2O3S. The Kier molecular flexibility index (Phi) is 5.91. The van der Waals surface area contributed by atoms with E-state index in [4.69, 9.17) is 0 Å². The van der Waals surface area contributed by atoms with Crippen molar-refractivity contribution in [3.63, 3.8) is 0 Å². The van der Waals surface area contributed by atoms with Crippen LogP contribution in [0.3, 0.4) is 0 Å². The first-order valence-corrected chi connectivity index (χ1v) is 8.18. The topological polar surface area (TPSA) is 75.3 Å². The number of nitrogens with one attached hydrogen (secondary N) is 2. The van der Waals surface area contributed by atoms with Gasteiger partial charge in [0, 0.05) is 19.2 Å². The van der Waals surface area contributed by atoms with Crippen molar-refractivity contribution >= 4 is 15.7 Å². The lowest BCUT2D eigenvalue weighted by molar-refractivity contribution is -0.121. The smallest absolute Gasteiger partial charge is 0.220 e. The zero-order valence-corrected chi connectivity index (χ0v) is 11.2. The van der Waals surface area contributed by atoms with Gasteiger partial charge < -0.3 is 10.6 Å². The van der Waals surface area contributed by atoms with Gasteiger partial charge in [-0.25, -0.2) is 8.42 Å². The number of amides is 1. The Labute approximate surface area is 103 Å². The van der Waals surface area contributed by atoms with Gasteiger partial charge in [-0.2, -0.15) is 0 Å². The summed E-state index contributed by atoms with van der Waals surface area (Å²) in [4.78, 5) is 11.4. The molecule has 6 heteroatoms. The van der Waals surface area contributed by atoms with Crippen LogP contribution in [0.5, 0.6) is 0 Å². The zero-order valence-electron chi connectivity index (χ0n) is 10.4. The van der Waals surface area contributed by atoms with E-state index in [9.17, 15) is 13.2 Å². The predicted molar refractivity (Wildman–Crippen MR) is 67.5 cm³/mol. The van der Waals surface area contributed by atoms with Crippen LogP contribution in [0, 0.1) is 5.92 Å². The first kappa shape index (κ1) is 14.4. The van der Waals surface area contributed by atoms with Gasteiger partial charge in [-0.05, 0) is 38.3 Å². The Bertz CT molecular complexity index is 335. The number of sulfone groups is 1. The van der Waals surface area contributed by atoms with Crippen molar-refractivity contribution in [3.05, 3.63) is 0 Å². The SMILES string of the molecule is CS(=O)(=O)CCCNC(=O)CCC1CCNC1. The molecule has 0 aromatic rings. The third-order valence-corrected chi connectivity index (χ3v) is 3.99. The second kappa shape index (κ2) is 6.96. The number of hydrogen-bond donors (Lipinski definition) is 2. The van der Waals surface area contributed by atoms with Crippen LogP contribution in [0.15, 0.2) is 0 Å². The first-order valence-electron chi connectivity index (χ1n) is 6.12. The quantitative estimate of drug-likeness (QED) is 0.630. The van der Waals surface area contributed by atoms with E-state index in [0.717, 1.165) is 25.9 Å². The fraction of sp³-hybridized carbons (Fsp3) is 0.909. The van der Waals surface area contributed by atoms with Crippen LogP contribution in [0.1, 0.15) is 25.7 Å². The van der Waals surface area contributed by atoms with E-state index in [0.29, 0.717) is 25.3 Å². The Balaban J connectivity index is 2.01. The van der Waals surface area contributed by atoms with Gasteiger partial charge in [-0.1, -0.05) is 0 Å². The van der Waals surface area contributed by atoms with Crippen molar-refractivity contribution in [2.24, 2.45) is 5.92 Å². The number of carbonyl (C=O) groups excluding carboxylic acids is 1. The van der Waals surface area contributed by atoms with E-state index in [1.807, 2.05) is 0 Å². The standard InChI is InChI=1S/C11H22N2O3S/c1-17(15,16)8-2-6-13-11(14)4-3-10-5-7-12-9-10/h10,12H,2-9H2,1H3,(H,13,14). The van der Waals surface area contributed by atoms with E-state index in [2.05, 4.69) is 10.6 Å². The number of carbonyl (C=O) groups is 1. The minimum absolute atomic E-state index is 0.0328. The fourth-order valence-electron chi connectivity index (χ4n) is 1.95. The van der Waals surface area contributed by atoms with Gasteiger partial charge in [0.25, 0.3) is 0 Å². The number of hydrogen-bond acceptors (Lipinski definition) is 4. The van der Waals surface area contributed by atoms with E-state index >= 15 is 0 Å². The average Bonchev–Trinajstić information content (AvgIpc) is 2.73. The van der Waals surface area contributed by atoms with Crippen molar-refractivity contribution in [1.29, 1.82) is 0 Å². The van der Waals surface area contributed by atoms with Gasteiger partial charge in [0.2, 0.25) is 5.91 Å². The molecule has 1 amide bonds. The predicted octanol–water partition coefficient (Wildman–Crippen LogP) is -0.0730. The maximum absolute atomic E-state index is 11.4. The van der Waals surface area contributed by atoms with Gasteiger partial charge in [-0.15, -0.1) is 0 Å². The molecule has 0 spiro atoms. The van der Waals surface area contributed by atoms with E-state index in [1.165, 1.54) is 6.26 Å². The zero-order chi connectivity index (χ0) is 12.7. The molecule has 0 aromatic heterocycles. The summed E-state index contributed by atoms with van der Waals surface area (Å²) in [6.45, 7) is 2.52. The van der Waals surface area contributed by atoms with Crippen molar-refractivity contribution in [2.45, 2.75) is 25.7 Å². The Morgan fingerprint density at radius 2 is 2.24 bits per heavy atom. The summed E-state index contributed by atoms with van der Waals surface area (Å²) in [6, 6.07) is 0. The van der Waals surface area contributed by atoms with Gasteiger partial charge in [0.15, 0.2) is 0 Å². The van der Waals surface area contributed by atoms with Crippen LogP contribution in [0.25, 0.3) is 0 Å². The molecule has 1 heterocycles. The Morgan fingerprint density at radius 3 is 2.82 bits per heavy atom. The normalized spacial score (nSPS) is 20.4. The van der Waals surface area contributed by atoms with E-state index < -0.39 is 9.84 Å². The molecule has 5 nitrogen and oxygen atoms in total. The highest BCUT2D eigenvalue weighted by atomic mass is 32.2. The Hall–Kier alpha value is -0.620. The molecule has 1 aliphatic heterocycles. The molecule has 1 saturated heterocycles. The monoisotopic (exact) mass is 262 g/mol. The highest BCUT2D eigenvalue weighted by molar-refractivity contribution is 7.90. The molecule has 0 radical (unpaired) electrons. The van der Waals surface area contributed by atoms with E-state index in [1.54, 1.807) is 0 Å². The minimum atomic E-state index is -2.91. The van der Waals surface area contributed by atoms with Crippen LogP contribution in [0.4, 0.5) is 0 Å². The summed E-state index contributed by atoms with van der Waals surface area (Å²) >= 11 is 0. The molecule has 1 aliphatic rings. The molecule has 0 bridgehead atoms. The lowest BCUT2D eigenvalue weighted by atomic mass is 10.0. The molecule has 17 heavy (non-hydrogen) atoms. The molecular weight excluding hydrogens is 240 g/mol. The summed E-state index contributed by atoms with van der Waals surface area (Å²) in [5.74, 6) is 0.794. The summed E-state index contributed by atoms with van der Waals surface area (Å²) in [5, 5.41) is 6.02. The number of rotatable bonds is 7. The first-order chi connectivity index (χ1) is 7.97. The van der Waals surface area contributed by atoms with Gasteiger partial charge in [-0.3, -0.25) is 4.79 Å². The average molecular weight is 262 g/mol. The maximum atomic E-state index is 11.4. The fourth-order valence-corrected chi connectivity index (χ4v) is 2.62. The highest BCUT2D eigenvalue weighted by Gasteiger charge is 2.15. The van der Waals surface area contributed by atoms with Crippen LogP contribution in [-0.2, 0) is 14.6 Å². The van der Waals surface area contributed by atoms with Crippen LogP contribution < -0.4 is 10.6 Å². The molecule has 1 fully saturated rings. The molecule has 1 rings (SSSR count). The second-order valence-corrected chi connectivity index (χ2v) is 6.99. The molecule has 2 N–H and O–H groups in total.